The Bertz CT molecular complexity index is 778. The number of likely N-dealkylation sites (N-methyl/N-ethyl adjacent to an activating group) is 1. The number of hydrogen-bond acceptors (Lipinski definition) is 3. The molecular formula is C17H21FN4O2. The molecule has 1 aliphatic heterocycles. The van der Waals surface area contributed by atoms with Gasteiger partial charge >= 0.3 is 0 Å². The summed E-state index contributed by atoms with van der Waals surface area (Å²) in [6.45, 7) is 4.71. The molecule has 2 aromatic rings. The highest BCUT2D eigenvalue weighted by molar-refractivity contribution is 6.08. The number of halogens is 1. The Morgan fingerprint density at radius 2 is 1.96 bits per heavy atom. The van der Waals surface area contributed by atoms with Gasteiger partial charge < -0.3 is 20.1 Å². The number of aromatic nitrogens is 1. The summed E-state index contributed by atoms with van der Waals surface area (Å²) in [6.07, 6.45) is 0. The number of amides is 2. The van der Waals surface area contributed by atoms with E-state index in [1.807, 2.05) is 7.05 Å². The van der Waals surface area contributed by atoms with Gasteiger partial charge in [-0.15, -0.1) is 0 Å². The lowest BCUT2D eigenvalue weighted by Crippen LogP contribution is -2.50. The van der Waals surface area contributed by atoms with E-state index in [9.17, 15) is 14.0 Å². The summed E-state index contributed by atoms with van der Waals surface area (Å²) >= 11 is 0. The summed E-state index contributed by atoms with van der Waals surface area (Å²) in [6, 6.07) is 4.27. The molecule has 1 fully saturated rings. The van der Waals surface area contributed by atoms with Gasteiger partial charge in [-0.2, -0.15) is 0 Å². The first-order valence-electron chi connectivity index (χ1n) is 7.98. The number of aryl methyl sites for hydroxylation is 1. The number of H-pyrrole nitrogens is 1. The van der Waals surface area contributed by atoms with Crippen LogP contribution in [0.15, 0.2) is 18.2 Å². The van der Waals surface area contributed by atoms with Crippen LogP contribution in [-0.4, -0.2) is 66.4 Å². The number of hydrogen-bond donors (Lipinski definition) is 2. The smallest absolute Gasteiger partial charge is 0.254 e. The third kappa shape index (κ3) is 3.26. The van der Waals surface area contributed by atoms with Crippen molar-refractivity contribution in [2.75, 3.05) is 39.8 Å². The zero-order valence-electron chi connectivity index (χ0n) is 13.9. The van der Waals surface area contributed by atoms with Crippen molar-refractivity contribution in [2.45, 2.75) is 6.92 Å². The van der Waals surface area contributed by atoms with Crippen LogP contribution in [0.1, 0.15) is 16.1 Å². The van der Waals surface area contributed by atoms with Crippen LogP contribution in [0.5, 0.6) is 0 Å². The lowest BCUT2D eigenvalue weighted by atomic mass is 10.1. The van der Waals surface area contributed by atoms with Crippen molar-refractivity contribution >= 4 is 22.7 Å². The Hall–Kier alpha value is -2.41. The monoisotopic (exact) mass is 332 g/mol. The molecule has 0 aliphatic carbocycles. The van der Waals surface area contributed by atoms with E-state index in [0.717, 1.165) is 13.1 Å². The molecule has 0 saturated carbocycles. The van der Waals surface area contributed by atoms with E-state index in [1.54, 1.807) is 17.9 Å². The Kier molecular flexibility index (Phi) is 4.53. The summed E-state index contributed by atoms with van der Waals surface area (Å²) in [5.74, 6) is -0.865. The molecule has 6 nitrogen and oxygen atoms in total. The van der Waals surface area contributed by atoms with Crippen LogP contribution in [0.3, 0.4) is 0 Å². The van der Waals surface area contributed by atoms with Crippen molar-refractivity contribution < 1.29 is 14.0 Å². The molecule has 0 bridgehead atoms. The van der Waals surface area contributed by atoms with Gasteiger partial charge in [0.25, 0.3) is 5.91 Å². The normalized spacial score (nSPS) is 15.7. The first kappa shape index (κ1) is 16.4. The number of carbonyl (C=O) groups is 2. The van der Waals surface area contributed by atoms with E-state index in [1.165, 1.54) is 12.1 Å². The molecule has 2 N–H and O–H groups in total. The van der Waals surface area contributed by atoms with Crippen molar-refractivity contribution in [1.29, 1.82) is 0 Å². The number of piperazine rings is 1. The van der Waals surface area contributed by atoms with E-state index in [2.05, 4.69) is 15.2 Å². The minimum atomic E-state index is -0.399. The lowest BCUT2D eigenvalue weighted by Gasteiger charge is -2.32. The van der Waals surface area contributed by atoms with Gasteiger partial charge in [-0.1, -0.05) is 0 Å². The van der Waals surface area contributed by atoms with Crippen LogP contribution in [0.2, 0.25) is 0 Å². The van der Waals surface area contributed by atoms with Crippen LogP contribution in [0.4, 0.5) is 4.39 Å². The first-order chi connectivity index (χ1) is 11.5. The predicted octanol–water partition coefficient (Wildman–Crippen LogP) is 1.12. The van der Waals surface area contributed by atoms with Crippen LogP contribution in [0, 0.1) is 12.7 Å². The zero-order chi connectivity index (χ0) is 17.3. The van der Waals surface area contributed by atoms with Gasteiger partial charge in [0, 0.05) is 42.8 Å². The maximum atomic E-state index is 13.5. The molecule has 7 heteroatoms. The number of aromatic amines is 1. The fourth-order valence-electron chi connectivity index (χ4n) is 3.00. The molecule has 0 spiro atoms. The molecule has 1 aromatic heterocycles. The van der Waals surface area contributed by atoms with Crippen LogP contribution >= 0.6 is 0 Å². The van der Waals surface area contributed by atoms with Gasteiger partial charge in [-0.05, 0) is 32.2 Å². The second-order valence-electron chi connectivity index (χ2n) is 6.18. The number of rotatable bonds is 3. The van der Waals surface area contributed by atoms with Crippen LogP contribution in [-0.2, 0) is 4.79 Å². The van der Waals surface area contributed by atoms with Crippen LogP contribution < -0.4 is 5.32 Å². The molecule has 0 unspecified atom stereocenters. The summed E-state index contributed by atoms with van der Waals surface area (Å²) < 4.78 is 13.5. The summed E-state index contributed by atoms with van der Waals surface area (Å²) in [7, 11) is 2.02. The summed E-state index contributed by atoms with van der Waals surface area (Å²) in [5.41, 5.74) is 1.74. The SMILES string of the molecule is Cc1[nH]c2ccc(F)cc2c1C(=O)NCC(=O)N1CCN(C)CC1. The minimum Gasteiger partial charge on any atom is -0.358 e. The van der Waals surface area contributed by atoms with E-state index < -0.39 is 5.82 Å². The first-order valence-corrected chi connectivity index (χ1v) is 7.98. The number of benzene rings is 1. The second-order valence-corrected chi connectivity index (χ2v) is 6.18. The Balaban J connectivity index is 1.68. The van der Waals surface area contributed by atoms with Gasteiger partial charge in [-0.3, -0.25) is 9.59 Å². The summed E-state index contributed by atoms with van der Waals surface area (Å²) in [5, 5.41) is 3.18. The second kappa shape index (κ2) is 6.60. The van der Waals surface area contributed by atoms with Crippen molar-refractivity contribution in [1.82, 2.24) is 20.1 Å². The fourth-order valence-corrected chi connectivity index (χ4v) is 3.00. The number of carbonyl (C=O) groups excluding carboxylic acids is 2. The molecular weight excluding hydrogens is 311 g/mol. The largest absolute Gasteiger partial charge is 0.358 e. The topological polar surface area (TPSA) is 68.4 Å². The standard InChI is InChI=1S/C17H21FN4O2/c1-11-16(13-9-12(18)3-4-14(13)20-11)17(24)19-10-15(23)22-7-5-21(2)6-8-22/h3-4,9,20H,5-8,10H2,1-2H3,(H,19,24). The molecule has 3 rings (SSSR count). The molecule has 24 heavy (non-hydrogen) atoms. The number of fused-ring (bicyclic) bond motifs is 1. The van der Waals surface area contributed by atoms with Crippen LogP contribution in [0.25, 0.3) is 10.9 Å². The van der Waals surface area contributed by atoms with Gasteiger partial charge in [0.1, 0.15) is 5.82 Å². The average Bonchev–Trinajstić information content (AvgIpc) is 2.88. The maximum Gasteiger partial charge on any atom is 0.254 e. The molecule has 1 aliphatic rings. The molecule has 2 heterocycles. The highest BCUT2D eigenvalue weighted by Gasteiger charge is 2.21. The third-order valence-electron chi connectivity index (χ3n) is 4.43. The highest BCUT2D eigenvalue weighted by Crippen LogP contribution is 2.22. The fraction of sp³-hybridized carbons (Fsp3) is 0.412. The molecule has 1 aromatic carbocycles. The van der Waals surface area contributed by atoms with E-state index in [4.69, 9.17) is 0 Å². The molecule has 0 radical (unpaired) electrons. The number of nitrogens with one attached hydrogen (secondary N) is 2. The third-order valence-corrected chi connectivity index (χ3v) is 4.43. The highest BCUT2D eigenvalue weighted by atomic mass is 19.1. The Morgan fingerprint density at radius 1 is 1.25 bits per heavy atom. The number of nitrogens with zero attached hydrogens (tertiary/aromatic N) is 2. The zero-order valence-corrected chi connectivity index (χ0v) is 13.9. The average molecular weight is 332 g/mol. The summed E-state index contributed by atoms with van der Waals surface area (Å²) in [4.78, 5) is 31.6. The van der Waals surface area contributed by atoms with Gasteiger partial charge in [0.05, 0.1) is 12.1 Å². The molecule has 2 amide bonds. The molecule has 0 atom stereocenters. The van der Waals surface area contributed by atoms with Gasteiger partial charge in [0.15, 0.2) is 0 Å². The van der Waals surface area contributed by atoms with Crippen molar-refractivity contribution in [3.63, 3.8) is 0 Å². The van der Waals surface area contributed by atoms with Gasteiger partial charge in [-0.25, -0.2) is 4.39 Å². The van der Waals surface area contributed by atoms with E-state index >= 15 is 0 Å². The lowest BCUT2D eigenvalue weighted by molar-refractivity contribution is -0.131. The van der Waals surface area contributed by atoms with Crippen molar-refractivity contribution in [2.24, 2.45) is 0 Å². The molecule has 128 valence electrons. The van der Waals surface area contributed by atoms with Crippen molar-refractivity contribution in [3.8, 4) is 0 Å². The van der Waals surface area contributed by atoms with Crippen molar-refractivity contribution in [3.05, 3.63) is 35.3 Å². The minimum absolute atomic E-state index is 0.0516. The quantitative estimate of drug-likeness (QED) is 0.885. The van der Waals surface area contributed by atoms with E-state index in [-0.39, 0.29) is 18.4 Å². The maximum absolute atomic E-state index is 13.5. The Morgan fingerprint density at radius 3 is 2.67 bits per heavy atom. The molecule has 1 saturated heterocycles. The van der Waals surface area contributed by atoms with Gasteiger partial charge in [0.2, 0.25) is 5.91 Å². The van der Waals surface area contributed by atoms with E-state index in [0.29, 0.717) is 35.2 Å². The Labute approximate surface area is 139 Å². The predicted molar refractivity (Wildman–Crippen MR) is 89.4 cm³/mol.